The van der Waals surface area contributed by atoms with Gasteiger partial charge in [0.25, 0.3) is 11.5 Å². The van der Waals surface area contributed by atoms with Gasteiger partial charge in [-0.3, -0.25) is 9.59 Å². The van der Waals surface area contributed by atoms with E-state index < -0.39 is 5.54 Å². The van der Waals surface area contributed by atoms with Crippen molar-refractivity contribution in [2.45, 2.75) is 32.9 Å². The molecule has 6 heteroatoms. The van der Waals surface area contributed by atoms with E-state index in [1.807, 2.05) is 45.0 Å². The molecule has 1 N–H and O–H groups in total. The van der Waals surface area contributed by atoms with Crippen LogP contribution < -0.4 is 15.0 Å². The fourth-order valence-electron chi connectivity index (χ4n) is 3.22. The first-order chi connectivity index (χ1) is 13.7. The van der Waals surface area contributed by atoms with Crippen molar-refractivity contribution in [2.75, 3.05) is 14.2 Å². The molecule has 0 bridgehead atoms. The lowest BCUT2D eigenvalue weighted by molar-refractivity contribution is 0.0554. The number of fused-ring (bicyclic) bond motifs is 1. The third kappa shape index (κ3) is 4.26. The molecule has 0 radical (unpaired) electrons. The highest BCUT2D eigenvalue weighted by Gasteiger charge is 2.30. The van der Waals surface area contributed by atoms with Crippen LogP contribution in [0.3, 0.4) is 0 Å². The van der Waals surface area contributed by atoms with Crippen LogP contribution in [-0.2, 0) is 6.54 Å². The molecule has 1 heterocycles. The van der Waals surface area contributed by atoms with E-state index in [-0.39, 0.29) is 18.0 Å². The first-order valence-corrected chi connectivity index (χ1v) is 9.39. The van der Waals surface area contributed by atoms with E-state index in [0.717, 1.165) is 5.39 Å². The Labute approximate surface area is 170 Å². The molecule has 0 aliphatic rings. The van der Waals surface area contributed by atoms with Gasteiger partial charge in [0.2, 0.25) is 0 Å². The Morgan fingerprint density at radius 1 is 1.03 bits per heavy atom. The molecule has 0 saturated heterocycles. The van der Waals surface area contributed by atoms with E-state index in [9.17, 15) is 9.59 Å². The highest BCUT2D eigenvalue weighted by molar-refractivity contribution is 5.97. The Morgan fingerprint density at radius 2 is 1.76 bits per heavy atom. The lowest BCUT2D eigenvalue weighted by atomic mass is 10.0. The van der Waals surface area contributed by atoms with E-state index in [2.05, 4.69) is 4.98 Å². The van der Waals surface area contributed by atoms with Crippen molar-refractivity contribution in [3.8, 4) is 11.5 Å². The summed E-state index contributed by atoms with van der Waals surface area (Å²) in [6, 6.07) is 14.4. The van der Waals surface area contributed by atoms with Gasteiger partial charge in [0.15, 0.2) is 0 Å². The number of rotatable bonds is 5. The molecule has 0 aliphatic carbocycles. The zero-order chi connectivity index (χ0) is 21.2. The smallest absolute Gasteiger partial charge is 0.258 e. The van der Waals surface area contributed by atoms with Gasteiger partial charge in [-0.25, -0.2) is 0 Å². The normalized spacial score (nSPS) is 11.3. The van der Waals surface area contributed by atoms with Crippen LogP contribution in [0.1, 0.15) is 36.7 Å². The van der Waals surface area contributed by atoms with Crippen LogP contribution >= 0.6 is 0 Å². The minimum absolute atomic E-state index is 0.178. The number of carbonyl (C=O) groups is 1. The van der Waals surface area contributed by atoms with Gasteiger partial charge >= 0.3 is 0 Å². The van der Waals surface area contributed by atoms with Gasteiger partial charge in [-0.15, -0.1) is 0 Å². The third-order valence-electron chi connectivity index (χ3n) is 4.85. The molecule has 0 unspecified atom stereocenters. The van der Waals surface area contributed by atoms with Crippen LogP contribution in [0.4, 0.5) is 0 Å². The molecule has 0 spiro atoms. The summed E-state index contributed by atoms with van der Waals surface area (Å²) < 4.78 is 10.6. The number of aromatic amines is 1. The summed E-state index contributed by atoms with van der Waals surface area (Å²) in [5, 5.41) is 0.874. The fraction of sp³-hybridized carbons (Fsp3) is 0.304. The summed E-state index contributed by atoms with van der Waals surface area (Å²) in [5.41, 5.74) is 0.941. The van der Waals surface area contributed by atoms with Crippen LogP contribution in [0.25, 0.3) is 10.9 Å². The molecule has 0 fully saturated rings. The van der Waals surface area contributed by atoms with Gasteiger partial charge in [-0.1, -0.05) is 12.1 Å². The molecular formula is C23H26N2O4. The quantitative estimate of drug-likeness (QED) is 0.710. The van der Waals surface area contributed by atoms with Crippen LogP contribution in [0, 0.1) is 0 Å². The molecule has 2 aromatic carbocycles. The number of benzene rings is 2. The number of methoxy groups -OCH3 is 2. The van der Waals surface area contributed by atoms with Crippen LogP contribution in [0.2, 0.25) is 0 Å². The van der Waals surface area contributed by atoms with Gasteiger partial charge in [-0.05, 0) is 56.5 Å². The molecule has 1 amide bonds. The number of hydrogen-bond donors (Lipinski definition) is 1. The molecule has 152 valence electrons. The van der Waals surface area contributed by atoms with Crippen molar-refractivity contribution in [3.63, 3.8) is 0 Å². The van der Waals surface area contributed by atoms with Crippen molar-refractivity contribution < 1.29 is 14.3 Å². The Balaban J connectivity index is 2.02. The van der Waals surface area contributed by atoms with Gasteiger partial charge in [0.05, 0.1) is 31.8 Å². The number of pyridine rings is 1. The number of aromatic nitrogens is 1. The van der Waals surface area contributed by atoms with E-state index in [0.29, 0.717) is 28.1 Å². The largest absolute Gasteiger partial charge is 0.497 e. The standard InChI is InChI=1S/C23H26N2O4/c1-23(2,3)25(22(27)18-8-6-7-9-20(18)29-5)14-16-12-15-10-11-17(28-4)13-19(15)24-21(16)26/h6-13H,14H2,1-5H3,(H,24,26). The number of amides is 1. The SMILES string of the molecule is COc1ccc2cc(CN(C(=O)c3ccccc3OC)C(C)(C)C)c(=O)[nH]c2c1. The van der Waals surface area contributed by atoms with Crippen LogP contribution in [0.5, 0.6) is 11.5 Å². The van der Waals surface area contributed by atoms with E-state index >= 15 is 0 Å². The lowest BCUT2D eigenvalue weighted by Crippen LogP contribution is -2.46. The molecule has 29 heavy (non-hydrogen) atoms. The zero-order valence-corrected chi connectivity index (χ0v) is 17.4. The average molecular weight is 394 g/mol. The van der Waals surface area contributed by atoms with Crippen molar-refractivity contribution in [3.05, 3.63) is 70.0 Å². The number of nitrogens with zero attached hydrogens (tertiary/aromatic N) is 1. The first-order valence-electron chi connectivity index (χ1n) is 9.39. The molecule has 3 rings (SSSR count). The highest BCUT2D eigenvalue weighted by Crippen LogP contribution is 2.26. The topological polar surface area (TPSA) is 71.6 Å². The number of hydrogen-bond acceptors (Lipinski definition) is 4. The monoisotopic (exact) mass is 394 g/mol. The van der Waals surface area contributed by atoms with Gasteiger partial charge < -0.3 is 19.4 Å². The van der Waals surface area contributed by atoms with Gasteiger partial charge in [0, 0.05) is 17.2 Å². The maximum atomic E-state index is 13.4. The van der Waals surface area contributed by atoms with Crippen molar-refractivity contribution in [1.29, 1.82) is 0 Å². The molecule has 6 nitrogen and oxygen atoms in total. The van der Waals surface area contributed by atoms with Gasteiger partial charge in [0.1, 0.15) is 11.5 Å². The summed E-state index contributed by atoms with van der Waals surface area (Å²) in [4.78, 5) is 30.6. The third-order valence-corrected chi connectivity index (χ3v) is 4.85. The second-order valence-corrected chi connectivity index (χ2v) is 7.84. The minimum atomic E-state index is -0.501. The van der Waals surface area contributed by atoms with E-state index in [4.69, 9.17) is 9.47 Å². The summed E-state index contributed by atoms with van der Waals surface area (Å²) >= 11 is 0. The van der Waals surface area contributed by atoms with E-state index in [1.54, 1.807) is 36.3 Å². The van der Waals surface area contributed by atoms with Crippen molar-refractivity contribution in [1.82, 2.24) is 9.88 Å². The Hall–Kier alpha value is -3.28. The predicted octanol–water partition coefficient (Wildman–Crippen LogP) is 3.99. The first kappa shape index (κ1) is 20.5. The number of nitrogens with one attached hydrogen (secondary N) is 1. The minimum Gasteiger partial charge on any atom is -0.497 e. The summed E-state index contributed by atoms with van der Waals surface area (Å²) in [6.07, 6.45) is 0. The maximum Gasteiger partial charge on any atom is 0.258 e. The second-order valence-electron chi connectivity index (χ2n) is 7.84. The van der Waals surface area contributed by atoms with Crippen LogP contribution in [-0.4, -0.2) is 35.5 Å². The Bertz CT molecular complexity index is 1100. The molecule has 1 aromatic heterocycles. The number of ether oxygens (including phenoxy) is 2. The predicted molar refractivity (Wildman–Crippen MR) is 114 cm³/mol. The Morgan fingerprint density at radius 3 is 2.41 bits per heavy atom. The fourth-order valence-corrected chi connectivity index (χ4v) is 3.22. The number of carbonyl (C=O) groups excluding carboxylic acids is 1. The summed E-state index contributed by atoms with van der Waals surface area (Å²) in [5.74, 6) is 0.985. The number of H-pyrrole nitrogens is 1. The number of para-hydroxylation sites is 1. The molecular weight excluding hydrogens is 368 g/mol. The molecule has 0 aliphatic heterocycles. The van der Waals surface area contributed by atoms with Crippen molar-refractivity contribution >= 4 is 16.8 Å². The van der Waals surface area contributed by atoms with Gasteiger partial charge in [-0.2, -0.15) is 0 Å². The highest BCUT2D eigenvalue weighted by atomic mass is 16.5. The lowest BCUT2D eigenvalue weighted by Gasteiger charge is -2.36. The molecule has 0 saturated carbocycles. The summed E-state index contributed by atoms with van der Waals surface area (Å²) in [6.45, 7) is 6.01. The maximum absolute atomic E-state index is 13.4. The van der Waals surface area contributed by atoms with Crippen LogP contribution in [0.15, 0.2) is 53.3 Å². The zero-order valence-electron chi connectivity index (χ0n) is 17.4. The average Bonchev–Trinajstić information content (AvgIpc) is 2.70. The Kier molecular flexibility index (Phi) is 5.64. The second kappa shape index (κ2) is 7.99. The van der Waals surface area contributed by atoms with E-state index in [1.165, 1.54) is 7.11 Å². The summed E-state index contributed by atoms with van der Waals surface area (Å²) in [7, 11) is 3.12. The molecule has 3 aromatic rings. The van der Waals surface area contributed by atoms with Crippen molar-refractivity contribution in [2.24, 2.45) is 0 Å². The molecule has 0 atom stereocenters.